The largest absolute Gasteiger partial charge is 0.353 e. The molecule has 4 aliphatic rings. The van der Waals surface area contributed by atoms with Crippen LogP contribution in [0.3, 0.4) is 0 Å². The van der Waals surface area contributed by atoms with Gasteiger partial charge in [0.15, 0.2) is 0 Å². The van der Waals surface area contributed by atoms with E-state index in [0.29, 0.717) is 43.4 Å². The number of ether oxygens (including phenoxy) is 1. The minimum absolute atomic E-state index is 0.0258. The van der Waals surface area contributed by atoms with Crippen LogP contribution in [0.15, 0.2) is 12.4 Å². The number of alkyl halides is 3. The Morgan fingerprint density at radius 2 is 1.90 bits per heavy atom. The maximum Gasteiger partial charge on any atom is 0.346 e. The molecule has 8 unspecified atom stereocenters. The molecule has 39 heavy (non-hydrogen) atoms. The maximum absolute atomic E-state index is 14.2. The molecule has 7 nitrogen and oxygen atoms in total. The molecule has 1 aromatic heterocycles. The van der Waals surface area contributed by atoms with Crippen molar-refractivity contribution in [3.63, 3.8) is 0 Å². The Labute approximate surface area is 229 Å². The quantitative estimate of drug-likeness (QED) is 0.419. The van der Waals surface area contributed by atoms with Crippen LogP contribution in [-0.2, 0) is 23.1 Å². The van der Waals surface area contributed by atoms with Crippen LogP contribution >= 0.6 is 0 Å². The Morgan fingerprint density at radius 1 is 1.13 bits per heavy atom. The molecule has 0 radical (unpaired) electrons. The van der Waals surface area contributed by atoms with Gasteiger partial charge in [0.1, 0.15) is 12.4 Å². The van der Waals surface area contributed by atoms with Gasteiger partial charge in [0.2, 0.25) is 11.5 Å². The first-order chi connectivity index (χ1) is 18.7. The van der Waals surface area contributed by atoms with Crippen molar-refractivity contribution in [3.8, 4) is 0 Å². The SMILES string of the molecule is CC1CC([C@@H](NC(=O)C2CC(Cn3ccn(C)c3=N)CC(C3CCCNC3OC(F)F)C2)C2CC2)CCC1F. The van der Waals surface area contributed by atoms with Crippen LogP contribution in [0.4, 0.5) is 13.2 Å². The number of nitrogens with zero attached hydrogens (tertiary/aromatic N) is 2. The third-order valence-corrected chi connectivity index (χ3v) is 10.1. The molecule has 1 aromatic rings. The zero-order valence-electron chi connectivity index (χ0n) is 23.3. The number of hydrogen-bond donors (Lipinski definition) is 3. The van der Waals surface area contributed by atoms with E-state index < -0.39 is 19.0 Å². The van der Waals surface area contributed by atoms with E-state index in [0.717, 1.165) is 51.4 Å². The van der Waals surface area contributed by atoms with Crippen LogP contribution in [0.5, 0.6) is 0 Å². The van der Waals surface area contributed by atoms with E-state index in [-0.39, 0.29) is 41.5 Å². The summed E-state index contributed by atoms with van der Waals surface area (Å²) in [6.45, 7) is 0.425. The zero-order chi connectivity index (χ0) is 27.7. The lowest BCUT2D eigenvalue weighted by molar-refractivity contribution is -0.198. The van der Waals surface area contributed by atoms with Crippen LogP contribution in [0.25, 0.3) is 0 Å². The second kappa shape index (κ2) is 12.4. The van der Waals surface area contributed by atoms with Crippen molar-refractivity contribution in [2.45, 2.75) is 103 Å². The van der Waals surface area contributed by atoms with Gasteiger partial charge < -0.3 is 19.2 Å². The summed E-state index contributed by atoms with van der Waals surface area (Å²) in [7, 11) is 1.84. The highest BCUT2D eigenvalue weighted by molar-refractivity contribution is 5.79. The van der Waals surface area contributed by atoms with Gasteiger partial charge in [0, 0.05) is 43.9 Å². The lowest BCUT2D eigenvalue weighted by atomic mass is 9.68. The highest BCUT2D eigenvalue weighted by Crippen LogP contribution is 2.45. The summed E-state index contributed by atoms with van der Waals surface area (Å²) in [5, 5.41) is 15.0. The van der Waals surface area contributed by atoms with E-state index in [2.05, 4.69) is 10.6 Å². The minimum atomic E-state index is -2.84. The molecule has 3 N–H and O–H groups in total. The van der Waals surface area contributed by atoms with Gasteiger partial charge in [-0.2, -0.15) is 8.78 Å². The van der Waals surface area contributed by atoms with Gasteiger partial charge >= 0.3 is 6.61 Å². The average Bonchev–Trinajstić information content (AvgIpc) is 3.71. The summed E-state index contributed by atoms with van der Waals surface area (Å²) in [6, 6.07) is 0.0980. The molecule has 1 amide bonds. The first kappa shape index (κ1) is 28.7. The predicted octanol–water partition coefficient (Wildman–Crippen LogP) is 4.57. The van der Waals surface area contributed by atoms with E-state index in [1.807, 2.05) is 30.9 Å². The Balaban J connectivity index is 1.32. The number of nitrogens with one attached hydrogen (secondary N) is 3. The normalized spacial score (nSPS) is 36.6. The fourth-order valence-corrected chi connectivity index (χ4v) is 7.86. The van der Waals surface area contributed by atoms with Crippen molar-refractivity contribution in [2.24, 2.45) is 48.5 Å². The van der Waals surface area contributed by atoms with Gasteiger partial charge in [-0.15, -0.1) is 0 Å². The van der Waals surface area contributed by atoms with E-state index >= 15 is 0 Å². The molecule has 4 fully saturated rings. The van der Waals surface area contributed by atoms with Gasteiger partial charge in [-0.05, 0) is 100 Å². The summed E-state index contributed by atoms with van der Waals surface area (Å²) in [6.07, 6.45) is 10.6. The number of hydrogen-bond acceptors (Lipinski definition) is 4. The number of halogens is 3. The van der Waals surface area contributed by atoms with Crippen molar-refractivity contribution < 1.29 is 22.7 Å². The van der Waals surface area contributed by atoms with Gasteiger partial charge in [-0.1, -0.05) is 6.92 Å². The molecule has 0 bridgehead atoms. The molecule has 2 heterocycles. The van der Waals surface area contributed by atoms with Gasteiger partial charge in [0.25, 0.3) is 0 Å². The lowest BCUT2D eigenvalue weighted by Gasteiger charge is -2.43. The van der Waals surface area contributed by atoms with Crippen molar-refractivity contribution in [2.75, 3.05) is 6.54 Å². The molecule has 10 heteroatoms. The molecule has 0 spiro atoms. The van der Waals surface area contributed by atoms with Crippen molar-refractivity contribution in [1.82, 2.24) is 19.8 Å². The van der Waals surface area contributed by atoms with Crippen LogP contribution in [0.2, 0.25) is 0 Å². The van der Waals surface area contributed by atoms with E-state index in [9.17, 15) is 18.0 Å². The number of amides is 1. The maximum atomic E-state index is 14.2. The monoisotopic (exact) mass is 553 g/mol. The Hall–Kier alpha value is -1.81. The number of piperidine rings is 1. The van der Waals surface area contributed by atoms with Gasteiger partial charge in [-0.3, -0.25) is 15.5 Å². The molecule has 5 rings (SSSR count). The second-order valence-corrected chi connectivity index (χ2v) is 12.9. The summed E-state index contributed by atoms with van der Waals surface area (Å²) < 4.78 is 49.4. The number of aromatic nitrogens is 2. The third kappa shape index (κ3) is 6.92. The van der Waals surface area contributed by atoms with E-state index in [4.69, 9.17) is 10.1 Å². The van der Waals surface area contributed by atoms with Crippen LogP contribution in [0, 0.1) is 46.8 Å². The fourth-order valence-electron chi connectivity index (χ4n) is 7.86. The lowest BCUT2D eigenvalue weighted by Crippen LogP contribution is -2.51. The van der Waals surface area contributed by atoms with Gasteiger partial charge in [-0.25, -0.2) is 4.39 Å². The van der Waals surface area contributed by atoms with Crippen LogP contribution in [0.1, 0.15) is 71.1 Å². The third-order valence-electron chi connectivity index (χ3n) is 10.1. The standard InChI is InChI=1S/C29H46F3N5O2/c1-17-12-20(7-8-24(17)30)25(19-5-6-19)35-26(38)22-14-18(16-37-11-10-36(2)29(37)33)13-21(15-22)23-4-3-9-34-27(23)39-28(31)32/h10-11,17-25,27-28,33-34H,3-9,12-16H2,1-2H3,(H,35,38)/t17?,18?,20?,21?,22?,23?,24?,25-,27?/m0/s1. The molecule has 9 atom stereocenters. The van der Waals surface area contributed by atoms with Crippen LogP contribution < -0.4 is 16.3 Å². The van der Waals surface area contributed by atoms with Gasteiger partial charge in [0.05, 0.1) is 0 Å². The van der Waals surface area contributed by atoms with Crippen molar-refractivity contribution >= 4 is 5.91 Å². The molecule has 3 saturated carbocycles. The average molecular weight is 554 g/mol. The number of rotatable bonds is 9. The molecule has 0 aromatic carbocycles. The fraction of sp³-hybridized carbons (Fsp3) is 0.862. The Bertz CT molecular complexity index is 1030. The van der Waals surface area contributed by atoms with E-state index in [1.54, 1.807) is 4.57 Å². The first-order valence-corrected chi connectivity index (χ1v) is 15.1. The summed E-state index contributed by atoms with van der Waals surface area (Å²) in [4.78, 5) is 13.9. The highest BCUT2D eigenvalue weighted by Gasteiger charge is 2.44. The molecule has 220 valence electrons. The smallest absolute Gasteiger partial charge is 0.346 e. The summed E-state index contributed by atoms with van der Waals surface area (Å²) in [5.41, 5.74) is 0.405. The molecular weight excluding hydrogens is 507 g/mol. The molecule has 1 aliphatic heterocycles. The van der Waals surface area contributed by atoms with E-state index in [1.165, 1.54) is 0 Å². The number of carbonyl (C=O) groups excluding carboxylic acids is 1. The summed E-state index contributed by atoms with van der Waals surface area (Å²) >= 11 is 0. The number of imidazole rings is 1. The number of carbonyl (C=O) groups is 1. The Morgan fingerprint density at radius 3 is 2.56 bits per heavy atom. The minimum Gasteiger partial charge on any atom is -0.353 e. The summed E-state index contributed by atoms with van der Waals surface area (Å²) in [5.74, 6) is 0.834. The zero-order valence-corrected chi connectivity index (χ0v) is 23.3. The van der Waals surface area contributed by atoms with Crippen LogP contribution in [-0.4, -0.2) is 46.6 Å². The molecular formula is C29H46F3N5O2. The first-order valence-electron chi connectivity index (χ1n) is 15.1. The van der Waals surface area contributed by atoms with Crippen molar-refractivity contribution in [3.05, 3.63) is 18.0 Å². The van der Waals surface area contributed by atoms with Crippen molar-refractivity contribution in [1.29, 1.82) is 5.41 Å². The second-order valence-electron chi connectivity index (χ2n) is 12.9. The Kier molecular flexibility index (Phi) is 9.11. The predicted molar refractivity (Wildman–Crippen MR) is 141 cm³/mol. The highest BCUT2D eigenvalue weighted by atomic mass is 19.3. The number of aryl methyl sites for hydroxylation is 1. The molecule has 1 saturated heterocycles. The topological polar surface area (TPSA) is 84.1 Å². The molecule has 3 aliphatic carbocycles.